The molecule has 0 aromatic heterocycles. The number of rotatable bonds is 5. The Kier molecular flexibility index (Phi) is 6.40. The van der Waals surface area contributed by atoms with Gasteiger partial charge in [-0.1, -0.05) is 23.4 Å². The molecule has 2 aromatic carbocycles. The van der Waals surface area contributed by atoms with Gasteiger partial charge in [0, 0.05) is 9.13 Å². The van der Waals surface area contributed by atoms with Crippen molar-refractivity contribution < 1.29 is 17.4 Å². The molecule has 146 valence electrons. The Balaban J connectivity index is 1.85. The Morgan fingerprint density at radius 3 is 2.57 bits per heavy atom. The van der Waals surface area contributed by atoms with E-state index in [-0.39, 0.29) is 21.8 Å². The van der Waals surface area contributed by atoms with Crippen LogP contribution in [0, 0.1) is 10.5 Å². The molecule has 1 heterocycles. The second-order valence-electron chi connectivity index (χ2n) is 5.93. The molecular weight excluding hydrogens is 513 g/mol. The maximum atomic E-state index is 12.6. The molecule has 0 aliphatic carbocycles. The number of benzene rings is 2. The highest BCUT2D eigenvalue weighted by molar-refractivity contribution is 14.1. The zero-order chi connectivity index (χ0) is 20.3. The summed E-state index contributed by atoms with van der Waals surface area (Å²) in [4.78, 5) is 11.5. The molecule has 1 N–H and O–H groups in total. The van der Waals surface area contributed by atoms with Gasteiger partial charge in [-0.05, 0) is 72.8 Å². The highest BCUT2D eigenvalue weighted by atomic mass is 127. The van der Waals surface area contributed by atoms with E-state index in [0.717, 1.165) is 9.13 Å². The summed E-state index contributed by atoms with van der Waals surface area (Å²) in [6.07, 6.45) is 1.40. The second-order valence-corrected chi connectivity index (χ2v) is 10.1. The minimum Gasteiger partial charge on any atom is -0.378 e. The number of nitrogens with zero attached hydrogens (tertiary/aromatic N) is 2. The normalized spacial score (nSPS) is 18.6. The minimum atomic E-state index is -3.98. The van der Waals surface area contributed by atoms with Crippen molar-refractivity contribution in [3.05, 3.63) is 57.2 Å². The fourth-order valence-electron chi connectivity index (χ4n) is 2.26. The number of thioether (sulfide) groups is 1. The monoisotopic (exact) mass is 529 g/mol. The first-order valence-corrected chi connectivity index (χ1v) is 11.5. The molecule has 7 nitrogen and oxygen atoms in total. The molecule has 3 rings (SSSR count). The number of hydrogen-bond donors (Lipinski definition) is 1. The van der Waals surface area contributed by atoms with Crippen LogP contribution in [0.3, 0.4) is 0 Å². The van der Waals surface area contributed by atoms with E-state index in [9.17, 15) is 13.2 Å². The zero-order valence-electron chi connectivity index (χ0n) is 14.9. The number of nitrogens with one attached hydrogen (secondary N) is 1. The maximum Gasteiger partial charge on any atom is 0.339 e. The number of halogens is 1. The standard InChI is InChI=1S/C18H16IN3O4S2/c1-11-3-8-16(26-28(24,25)15-6-4-14(19)5-7-15)13(9-11)10-20-22-18-21-17(23)12(2)27-18/h3-10,12H,1-2H3,(H,21,22,23). The Labute approximate surface area is 180 Å². The lowest BCUT2D eigenvalue weighted by atomic mass is 10.1. The van der Waals surface area contributed by atoms with Crippen molar-refractivity contribution in [1.82, 2.24) is 5.32 Å². The van der Waals surface area contributed by atoms with Gasteiger partial charge < -0.3 is 9.50 Å². The van der Waals surface area contributed by atoms with E-state index in [1.54, 1.807) is 37.3 Å². The lowest BCUT2D eigenvalue weighted by Gasteiger charge is -2.10. The van der Waals surface area contributed by atoms with E-state index in [0.29, 0.717) is 10.7 Å². The van der Waals surface area contributed by atoms with Crippen molar-refractivity contribution in [2.75, 3.05) is 0 Å². The predicted molar refractivity (Wildman–Crippen MR) is 118 cm³/mol. The molecule has 28 heavy (non-hydrogen) atoms. The fourth-order valence-corrected chi connectivity index (χ4v) is 4.33. The van der Waals surface area contributed by atoms with Crippen LogP contribution >= 0.6 is 34.4 Å². The van der Waals surface area contributed by atoms with Crippen LogP contribution in [0.5, 0.6) is 5.75 Å². The van der Waals surface area contributed by atoms with Crippen LogP contribution in [0.1, 0.15) is 18.1 Å². The first-order chi connectivity index (χ1) is 13.2. The SMILES string of the molecule is Cc1ccc(OS(=O)(=O)c2ccc(I)cc2)c(C=N/N=C2/NC(=O)C(C)S2)c1. The van der Waals surface area contributed by atoms with Gasteiger partial charge in [-0.2, -0.15) is 13.5 Å². The number of amides is 1. The van der Waals surface area contributed by atoms with Crippen LogP contribution in [-0.2, 0) is 14.9 Å². The van der Waals surface area contributed by atoms with Crippen molar-refractivity contribution in [2.45, 2.75) is 24.0 Å². The summed E-state index contributed by atoms with van der Waals surface area (Å²) < 4.78 is 31.4. The van der Waals surface area contributed by atoms with E-state index in [4.69, 9.17) is 4.18 Å². The maximum absolute atomic E-state index is 12.6. The number of carbonyl (C=O) groups is 1. The van der Waals surface area contributed by atoms with E-state index < -0.39 is 10.1 Å². The topological polar surface area (TPSA) is 97.2 Å². The summed E-state index contributed by atoms with van der Waals surface area (Å²) in [7, 11) is -3.98. The number of hydrogen-bond acceptors (Lipinski definition) is 7. The Morgan fingerprint density at radius 2 is 1.93 bits per heavy atom. The summed E-state index contributed by atoms with van der Waals surface area (Å²) in [6, 6.07) is 11.4. The molecule has 1 saturated heterocycles. The van der Waals surface area contributed by atoms with E-state index in [1.165, 1.54) is 30.1 Å². The molecule has 1 atom stereocenters. The molecule has 1 aliphatic rings. The Bertz CT molecular complexity index is 1070. The van der Waals surface area contributed by atoms with Crippen LogP contribution in [0.15, 0.2) is 57.6 Å². The third kappa shape index (κ3) is 5.11. The minimum absolute atomic E-state index is 0.0654. The Hall–Kier alpha value is -1.92. The van der Waals surface area contributed by atoms with Gasteiger partial charge in [0.25, 0.3) is 0 Å². The fraction of sp³-hybridized carbons (Fsp3) is 0.167. The third-order valence-electron chi connectivity index (χ3n) is 3.70. The molecule has 0 saturated carbocycles. The molecule has 2 aromatic rings. The van der Waals surface area contributed by atoms with Crippen molar-refractivity contribution >= 4 is 61.8 Å². The van der Waals surface area contributed by atoms with Gasteiger partial charge in [-0.3, -0.25) is 4.79 Å². The highest BCUT2D eigenvalue weighted by Gasteiger charge is 2.25. The summed E-state index contributed by atoms with van der Waals surface area (Å²) >= 11 is 3.37. The molecule has 0 bridgehead atoms. The molecule has 0 radical (unpaired) electrons. The van der Waals surface area contributed by atoms with E-state index >= 15 is 0 Å². The van der Waals surface area contributed by atoms with Crippen molar-refractivity contribution in [1.29, 1.82) is 0 Å². The second kappa shape index (κ2) is 8.62. The van der Waals surface area contributed by atoms with Gasteiger partial charge >= 0.3 is 10.1 Å². The lowest BCUT2D eigenvalue weighted by molar-refractivity contribution is -0.118. The quantitative estimate of drug-likeness (QED) is 0.278. The lowest BCUT2D eigenvalue weighted by Crippen LogP contribution is -2.23. The molecule has 10 heteroatoms. The number of aryl methyl sites for hydroxylation is 1. The van der Waals surface area contributed by atoms with Crippen molar-refractivity contribution in [2.24, 2.45) is 10.2 Å². The first-order valence-electron chi connectivity index (χ1n) is 8.14. The molecule has 1 unspecified atom stereocenters. The largest absolute Gasteiger partial charge is 0.378 e. The summed E-state index contributed by atoms with van der Waals surface area (Å²) in [5.74, 6) is 0.0201. The van der Waals surface area contributed by atoms with Gasteiger partial charge in [0.15, 0.2) is 10.9 Å². The molecule has 1 fully saturated rings. The smallest absolute Gasteiger partial charge is 0.339 e. The summed E-state index contributed by atoms with van der Waals surface area (Å²) in [6.45, 7) is 3.64. The zero-order valence-corrected chi connectivity index (χ0v) is 18.7. The van der Waals surface area contributed by atoms with Crippen LogP contribution in [0.4, 0.5) is 0 Å². The average Bonchev–Trinajstić information content (AvgIpc) is 2.95. The van der Waals surface area contributed by atoms with Crippen LogP contribution in [0.2, 0.25) is 0 Å². The number of amidine groups is 1. The summed E-state index contributed by atoms with van der Waals surface area (Å²) in [5, 5.41) is 10.7. The van der Waals surface area contributed by atoms with Gasteiger partial charge in [0.1, 0.15) is 4.90 Å². The first kappa shape index (κ1) is 20.8. The van der Waals surface area contributed by atoms with Crippen LogP contribution in [0.25, 0.3) is 0 Å². The Morgan fingerprint density at radius 1 is 1.21 bits per heavy atom. The van der Waals surface area contributed by atoms with Crippen molar-refractivity contribution in [3.63, 3.8) is 0 Å². The molecule has 1 amide bonds. The van der Waals surface area contributed by atoms with Gasteiger partial charge in [0.05, 0.1) is 11.5 Å². The third-order valence-corrected chi connectivity index (χ3v) is 6.64. The van der Waals surface area contributed by atoms with Crippen molar-refractivity contribution in [3.8, 4) is 5.75 Å². The summed E-state index contributed by atoms with van der Waals surface area (Å²) in [5.41, 5.74) is 1.37. The van der Waals surface area contributed by atoms with Gasteiger partial charge in [0.2, 0.25) is 5.91 Å². The molecule has 0 spiro atoms. The van der Waals surface area contributed by atoms with Crippen LogP contribution < -0.4 is 9.50 Å². The van der Waals surface area contributed by atoms with Crippen LogP contribution in [-0.4, -0.2) is 31.0 Å². The molecular formula is C18H16IN3O4S2. The van der Waals surface area contributed by atoms with Gasteiger partial charge in [-0.15, -0.1) is 5.10 Å². The average molecular weight is 529 g/mol. The predicted octanol–water partition coefficient (Wildman–Crippen LogP) is 3.31. The molecule has 1 aliphatic heterocycles. The van der Waals surface area contributed by atoms with Gasteiger partial charge in [-0.25, -0.2) is 0 Å². The van der Waals surface area contributed by atoms with E-state index in [1.807, 2.05) is 6.92 Å². The highest BCUT2D eigenvalue weighted by Crippen LogP contribution is 2.24. The number of carbonyl (C=O) groups excluding carboxylic acids is 1. The van der Waals surface area contributed by atoms with E-state index in [2.05, 4.69) is 38.1 Å².